The number of hydrogen-bond donors (Lipinski definition) is 0. The summed E-state index contributed by atoms with van der Waals surface area (Å²) in [5.74, 6) is 0.829. The first kappa shape index (κ1) is 13.7. The molecule has 0 N–H and O–H groups in total. The second kappa shape index (κ2) is 4.66. The van der Waals surface area contributed by atoms with E-state index >= 15 is 0 Å². The maximum absolute atomic E-state index is 12.8. The lowest BCUT2D eigenvalue weighted by molar-refractivity contribution is -0.148. The highest BCUT2D eigenvalue weighted by Crippen LogP contribution is 2.65. The Hall–Kier alpha value is -1.69. The Labute approximate surface area is 134 Å². The van der Waals surface area contributed by atoms with Crippen molar-refractivity contribution in [1.82, 2.24) is 9.80 Å². The molecule has 0 aromatic carbocycles. The fourth-order valence-corrected chi connectivity index (χ4v) is 5.22. The molecule has 122 valence electrons. The van der Waals surface area contributed by atoms with Crippen LogP contribution in [-0.2, 0) is 19.1 Å². The summed E-state index contributed by atoms with van der Waals surface area (Å²) in [6.07, 6.45) is 5.46. The number of hydrogen-bond acceptors (Lipinski definition) is 4. The van der Waals surface area contributed by atoms with Crippen molar-refractivity contribution in [2.75, 3.05) is 32.8 Å². The largest absolute Gasteiger partial charge is 0.378 e. The smallest absolute Gasteiger partial charge is 0.242 e. The van der Waals surface area contributed by atoms with Crippen LogP contribution in [0.5, 0.6) is 0 Å². The number of nitrogens with zero attached hydrogens (tertiary/aromatic N) is 2. The van der Waals surface area contributed by atoms with Gasteiger partial charge in [0.1, 0.15) is 6.54 Å². The van der Waals surface area contributed by atoms with Gasteiger partial charge in [-0.25, -0.2) is 0 Å². The standard InChI is InChI=1S/C17H20N2O4/c20-13(18-3-5-23-6-4-18)8-19-16(21)14-9-1-2-10(12-7-11(9)12)15(14)17(19)22/h1-2,9-12,14-15H,3-8H2/t9-,10-,11-,12+,14+,15+/m0/s1. The van der Waals surface area contributed by atoms with E-state index < -0.39 is 0 Å². The first-order valence-corrected chi connectivity index (χ1v) is 8.56. The summed E-state index contributed by atoms with van der Waals surface area (Å²) in [6, 6.07) is 0. The molecular formula is C17H20N2O4. The zero-order valence-electron chi connectivity index (χ0n) is 12.9. The zero-order chi connectivity index (χ0) is 15.7. The van der Waals surface area contributed by atoms with Gasteiger partial charge in [0.05, 0.1) is 25.0 Å². The minimum absolute atomic E-state index is 0.0978. The highest BCUT2D eigenvalue weighted by atomic mass is 16.5. The maximum Gasteiger partial charge on any atom is 0.242 e. The van der Waals surface area contributed by atoms with Crippen molar-refractivity contribution in [2.45, 2.75) is 6.42 Å². The van der Waals surface area contributed by atoms with Gasteiger partial charge < -0.3 is 9.64 Å². The normalized spacial score (nSPS) is 43.7. The van der Waals surface area contributed by atoms with Crippen molar-refractivity contribution in [3.63, 3.8) is 0 Å². The predicted octanol–water partition coefficient (Wildman–Crippen LogP) is -0.102. The number of carbonyl (C=O) groups excluding carboxylic acids is 3. The van der Waals surface area contributed by atoms with Gasteiger partial charge >= 0.3 is 0 Å². The summed E-state index contributed by atoms with van der Waals surface area (Å²) in [4.78, 5) is 40.9. The molecule has 23 heavy (non-hydrogen) atoms. The lowest BCUT2D eigenvalue weighted by Gasteiger charge is -2.37. The molecule has 4 fully saturated rings. The van der Waals surface area contributed by atoms with Crippen LogP contribution in [0.2, 0.25) is 0 Å². The van der Waals surface area contributed by atoms with Crippen LogP contribution in [0.4, 0.5) is 0 Å². The van der Waals surface area contributed by atoms with Gasteiger partial charge in [0.2, 0.25) is 17.7 Å². The van der Waals surface area contributed by atoms with Crippen LogP contribution in [0, 0.1) is 35.5 Å². The number of imide groups is 1. The first-order chi connectivity index (χ1) is 11.2. The Morgan fingerprint density at radius 3 is 2.17 bits per heavy atom. The van der Waals surface area contributed by atoms with E-state index in [4.69, 9.17) is 4.74 Å². The average Bonchev–Trinajstić information content (AvgIpc) is 3.37. The van der Waals surface area contributed by atoms with E-state index in [9.17, 15) is 14.4 Å². The summed E-state index contributed by atoms with van der Waals surface area (Å²) in [6.45, 7) is 2.03. The fourth-order valence-electron chi connectivity index (χ4n) is 5.22. The van der Waals surface area contributed by atoms with Crippen LogP contribution < -0.4 is 0 Å². The molecule has 6 nitrogen and oxygen atoms in total. The Bertz CT molecular complexity index is 588. The predicted molar refractivity (Wildman–Crippen MR) is 78.8 cm³/mol. The first-order valence-electron chi connectivity index (χ1n) is 8.56. The van der Waals surface area contributed by atoms with Gasteiger partial charge in [0.15, 0.2) is 0 Å². The Morgan fingerprint density at radius 1 is 1.04 bits per heavy atom. The lowest BCUT2D eigenvalue weighted by atomic mass is 9.63. The molecule has 4 aliphatic carbocycles. The van der Waals surface area contributed by atoms with Gasteiger partial charge in [-0.3, -0.25) is 19.3 Å². The molecule has 2 heterocycles. The topological polar surface area (TPSA) is 66.9 Å². The molecule has 0 unspecified atom stereocenters. The summed E-state index contributed by atoms with van der Waals surface area (Å²) < 4.78 is 5.24. The quantitative estimate of drug-likeness (QED) is 0.527. The number of rotatable bonds is 2. The van der Waals surface area contributed by atoms with E-state index in [-0.39, 0.29) is 47.9 Å². The molecule has 3 amide bonds. The van der Waals surface area contributed by atoms with Crippen molar-refractivity contribution < 1.29 is 19.1 Å². The van der Waals surface area contributed by atoms with Crippen LogP contribution in [0.3, 0.4) is 0 Å². The molecule has 0 aromatic rings. The van der Waals surface area contributed by atoms with Crippen LogP contribution in [-0.4, -0.2) is 60.4 Å². The molecule has 2 aliphatic heterocycles. The third-order valence-electron chi connectivity index (χ3n) is 6.41. The lowest BCUT2D eigenvalue weighted by Crippen LogP contribution is -2.47. The van der Waals surface area contributed by atoms with Gasteiger partial charge in [-0.15, -0.1) is 0 Å². The number of morpholine rings is 1. The molecule has 0 aromatic heterocycles. The molecule has 0 spiro atoms. The van der Waals surface area contributed by atoms with E-state index in [1.165, 1.54) is 4.90 Å². The Balaban J connectivity index is 1.36. The number of ether oxygens (including phenoxy) is 1. The summed E-state index contributed by atoms with van der Waals surface area (Å²) in [5, 5.41) is 0. The summed E-state index contributed by atoms with van der Waals surface area (Å²) in [7, 11) is 0. The molecule has 0 radical (unpaired) electrons. The Morgan fingerprint density at radius 2 is 1.61 bits per heavy atom. The number of carbonyl (C=O) groups is 3. The Kier molecular flexibility index (Phi) is 2.78. The fraction of sp³-hybridized carbons (Fsp3) is 0.706. The van der Waals surface area contributed by atoms with Crippen LogP contribution in [0.25, 0.3) is 0 Å². The second-order valence-electron chi connectivity index (χ2n) is 7.41. The maximum atomic E-state index is 12.8. The molecule has 6 atom stereocenters. The van der Waals surface area contributed by atoms with E-state index in [0.29, 0.717) is 38.1 Å². The minimum atomic E-state index is -0.210. The molecule has 6 rings (SSSR count). The van der Waals surface area contributed by atoms with Crippen LogP contribution in [0.1, 0.15) is 6.42 Å². The zero-order valence-corrected chi connectivity index (χ0v) is 12.9. The molecular weight excluding hydrogens is 296 g/mol. The van der Waals surface area contributed by atoms with Gasteiger partial charge in [-0.2, -0.15) is 0 Å². The highest BCUT2D eigenvalue weighted by Gasteiger charge is 2.67. The van der Waals surface area contributed by atoms with E-state index in [1.807, 2.05) is 0 Å². The van der Waals surface area contributed by atoms with Crippen LogP contribution in [0.15, 0.2) is 12.2 Å². The average molecular weight is 316 g/mol. The van der Waals surface area contributed by atoms with E-state index in [2.05, 4.69) is 12.2 Å². The van der Waals surface area contributed by atoms with Gasteiger partial charge in [-0.05, 0) is 30.1 Å². The van der Waals surface area contributed by atoms with Gasteiger partial charge in [0.25, 0.3) is 0 Å². The molecule has 2 saturated carbocycles. The number of allylic oxidation sites excluding steroid dienone is 2. The van der Waals surface area contributed by atoms with Crippen molar-refractivity contribution in [3.05, 3.63) is 12.2 Å². The molecule has 2 bridgehead atoms. The van der Waals surface area contributed by atoms with Crippen molar-refractivity contribution in [3.8, 4) is 0 Å². The van der Waals surface area contributed by atoms with Gasteiger partial charge in [-0.1, -0.05) is 12.2 Å². The number of amides is 3. The summed E-state index contributed by atoms with van der Waals surface area (Å²) >= 11 is 0. The monoisotopic (exact) mass is 316 g/mol. The number of likely N-dealkylation sites (tertiary alicyclic amines) is 1. The van der Waals surface area contributed by atoms with E-state index in [0.717, 1.165) is 6.42 Å². The summed E-state index contributed by atoms with van der Waals surface area (Å²) in [5.41, 5.74) is 0. The van der Waals surface area contributed by atoms with Crippen molar-refractivity contribution >= 4 is 17.7 Å². The highest BCUT2D eigenvalue weighted by molar-refractivity contribution is 6.08. The third kappa shape index (κ3) is 1.81. The van der Waals surface area contributed by atoms with Crippen molar-refractivity contribution in [1.29, 1.82) is 0 Å². The van der Waals surface area contributed by atoms with Gasteiger partial charge in [0, 0.05) is 13.1 Å². The molecule has 6 heteroatoms. The minimum Gasteiger partial charge on any atom is -0.378 e. The SMILES string of the molecule is O=C(CN1C(=O)[C@@H]2[C@H]3C=C[C@@H]([C@@H]4C[C@H]34)[C@H]2C1=O)N1CCOCC1. The third-order valence-corrected chi connectivity index (χ3v) is 6.41. The molecule has 2 saturated heterocycles. The van der Waals surface area contributed by atoms with Crippen LogP contribution >= 0.6 is 0 Å². The second-order valence-corrected chi connectivity index (χ2v) is 7.41. The van der Waals surface area contributed by atoms with Crippen molar-refractivity contribution in [2.24, 2.45) is 35.5 Å². The van der Waals surface area contributed by atoms with E-state index in [1.54, 1.807) is 4.90 Å². The molecule has 6 aliphatic rings.